The van der Waals surface area contributed by atoms with E-state index >= 15 is 0 Å². The fourth-order valence-corrected chi connectivity index (χ4v) is 2.77. The Morgan fingerprint density at radius 1 is 1.12 bits per heavy atom. The van der Waals surface area contributed by atoms with Crippen molar-refractivity contribution in [1.29, 1.82) is 0 Å². The summed E-state index contributed by atoms with van der Waals surface area (Å²) in [6, 6.07) is 3.61. The number of piperazine rings is 1. The SMILES string of the molecule is COc1cc(CC(=O)NCCN2CCNCC2)cc(OC)c1OC.Cl. The molecule has 1 aliphatic rings. The number of rotatable bonds is 8. The molecule has 8 heteroatoms. The van der Waals surface area contributed by atoms with Gasteiger partial charge in [0.25, 0.3) is 0 Å². The highest BCUT2D eigenvalue weighted by molar-refractivity contribution is 5.85. The van der Waals surface area contributed by atoms with E-state index in [-0.39, 0.29) is 24.7 Å². The van der Waals surface area contributed by atoms with Gasteiger partial charge in [-0.2, -0.15) is 0 Å². The van der Waals surface area contributed by atoms with Gasteiger partial charge in [0.1, 0.15) is 0 Å². The predicted molar refractivity (Wildman–Crippen MR) is 99.4 cm³/mol. The molecule has 1 aromatic carbocycles. The summed E-state index contributed by atoms with van der Waals surface area (Å²) in [4.78, 5) is 14.5. The van der Waals surface area contributed by atoms with Crippen LogP contribution in [0.2, 0.25) is 0 Å². The summed E-state index contributed by atoms with van der Waals surface area (Å²) in [5.41, 5.74) is 0.823. The van der Waals surface area contributed by atoms with Gasteiger partial charge in [-0.25, -0.2) is 0 Å². The number of ether oxygens (including phenoxy) is 3. The molecule has 2 rings (SSSR count). The first-order valence-corrected chi connectivity index (χ1v) is 8.16. The van der Waals surface area contributed by atoms with E-state index in [0.29, 0.717) is 23.8 Å². The molecule has 1 aromatic rings. The van der Waals surface area contributed by atoms with Crippen LogP contribution in [0.5, 0.6) is 17.2 Å². The molecule has 1 aliphatic heterocycles. The first-order chi connectivity index (χ1) is 11.7. The van der Waals surface area contributed by atoms with Gasteiger partial charge in [0, 0.05) is 39.3 Å². The quantitative estimate of drug-likeness (QED) is 0.699. The highest BCUT2D eigenvalue weighted by Crippen LogP contribution is 2.38. The van der Waals surface area contributed by atoms with E-state index in [0.717, 1.165) is 38.3 Å². The van der Waals surface area contributed by atoms with E-state index in [1.807, 2.05) is 0 Å². The number of carbonyl (C=O) groups excluding carboxylic acids is 1. The molecule has 0 saturated carbocycles. The summed E-state index contributed by atoms with van der Waals surface area (Å²) in [5, 5.41) is 6.28. The molecule has 0 spiro atoms. The number of nitrogens with zero attached hydrogens (tertiary/aromatic N) is 1. The molecule has 2 N–H and O–H groups in total. The van der Waals surface area contributed by atoms with Crippen LogP contribution in [0.15, 0.2) is 12.1 Å². The fraction of sp³-hybridized carbons (Fsp3) is 0.588. The average molecular weight is 374 g/mol. The molecule has 142 valence electrons. The molecule has 7 nitrogen and oxygen atoms in total. The molecule has 1 fully saturated rings. The van der Waals surface area contributed by atoms with Gasteiger partial charge in [-0.05, 0) is 17.7 Å². The summed E-state index contributed by atoms with van der Waals surface area (Å²) in [7, 11) is 4.69. The van der Waals surface area contributed by atoms with Crippen LogP contribution in [-0.2, 0) is 11.2 Å². The molecule has 25 heavy (non-hydrogen) atoms. The smallest absolute Gasteiger partial charge is 0.224 e. The lowest BCUT2D eigenvalue weighted by atomic mass is 10.1. The molecule has 1 heterocycles. The first kappa shape index (κ1) is 21.3. The number of amides is 1. The van der Waals surface area contributed by atoms with Crippen LogP contribution in [0.4, 0.5) is 0 Å². The highest BCUT2D eigenvalue weighted by atomic mass is 35.5. The second-order valence-corrected chi connectivity index (χ2v) is 5.65. The van der Waals surface area contributed by atoms with Crippen molar-refractivity contribution in [2.75, 3.05) is 60.6 Å². The van der Waals surface area contributed by atoms with Crippen molar-refractivity contribution in [3.63, 3.8) is 0 Å². The zero-order valence-electron chi connectivity index (χ0n) is 15.1. The number of halogens is 1. The Hall–Kier alpha value is -1.70. The standard InChI is InChI=1S/C17H27N3O4.ClH/c1-22-14-10-13(11-15(23-2)17(14)24-3)12-16(21)19-6-9-20-7-4-18-5-8-20;/h10-11,18H,4-9,12H2,1-3H3,(H,19,21);1H. The van der Waals surface area contributed by atoms with Gasteiger partial charge in [0.05, 0.1) is 27.8 Å². The second kappa shape index (κ2) is 11.0. The number of nitrogens with one attached hydrogen (secondary N) is 2. The van der Waals surface area contributed by atoms with E-state index in [1.165, 1.54) is 0 Å². The van der Waals surface area contributed by atoms with E-state index in [4.69, 9.17) is 14.2 Å². The largest absolute Gasteiger partial charge is 0.493 e. The van der Waals surface area contributed by atoms with E-state index in [1.54, 1.807) is 33.5 Å². The summed E-state index contributed by atoms with van der Waals surface area (Å²) in [5.74, 6) is 1.63. The van der Waals surface area contributed by atoms with Crippen LogP contribution in [0.1, 0.15) is 5.56 Å². The van der Waals surface area contributed by atoms with Gasteiger partial charge in [-0.15, -0.1) is 12.4 Å². The van der Waals surface area contributed by atoms with Crippen LogP contribution >= 0.6 is 12.4 Å². The Balaban J connectivity index is 0.00000312. The normalized spacial score (nSPS) is 14.4. The Bertz CT molecular complexity index is 526. The monoisotopic (exact) mass is 373 g/mol. The molecule has 0 bridgehead atoms. The zero-order chi connectivity index (χ0) is 17.4. The van der Waals surface area contributed by atoms with Gasteiger partial charge >= 0.3 is 0 Å². The van der Waals surface area contributed by atoms with Crippen molar-refractivity contribution in [1.82, 2.24) is 15.5 Å². The van der Waals surface area contributed by atoms with Crippen LogP contribution in [0.3, 0.4) is 0 Å². The Morgan fingerprint density at radius 2 is 1.72 bits per heavy atom. The summed E-state index contributed by atoms with van der Waals surface area (Å²) >= 11 is 0. The molecular weight excluding hydrogens is 346 g/mol. The van der Waals surface area contributed by atoms with E-state index in [9.17, 15) is 4.79 Å². The van der Waals surface area contributed by atoms with E-state index in [2.05, 4.69) is 15.5 Å². The number of hydrogen-bond donors (Lipinski definition) is 2. The third-order valence-electron chi connectivity index (χ3n) is 4.05. The molecule has 1 saturated heterocycles. The van der Waals surface area contributed by atoms with Crippen molar-refractivity contribution in [3.8, 4) is 17.2 Å². The lowest BCUT2D eigenvalue weighted by Crippen LogP contribution is -2.46. The van der Waals surface area contributed by atoms with Crippen LogP contribution in [0, 0.1) is 0 Å². The Morgan fingerprint density at radius 3 is 2.24 bits per heavy atom. The molecule has 0 atom stereocenters. The van der Waals surface area contributed by atoms with Crippen molar-refractivity contribution >= 4 is 18.3 Å². The maximum Gasteiger partial charge on any atom is 0.224 e. The topological polar surface area (TPSA) is 72.1 Å². The average Bonchev–Trinajstić information content (AvgIpc) is 2.61. The summed E-state index contributed by atoms with van der Waals surface area (Å²) < 4.78 is 15.9. The number of methoxy groups -OCH3 is 3. The van der Waals surface area contributed by atoms with Crippen LogP contribution in [0.25, 0.3) is 0 Å². The minimum atomic E-state index is -0.0144. The van der Waals surface area contributed by atoms with Gasteiger partial charge in [-0.3, -0.25) is 9.69 Å². The van der Waals surface area contributed by atoms with Gasteiger partial charge < -0.3 is 24.8 Å². The van der Waals surface area contributed by atoms with Crippen LogP contribution in [-0.4, -0.2) is 71.4 Å². The molecule has 1 amide bonds. The fourth-order valence-electron chi connectivity index (χ4n) is 2.77. The summed E-state index contributed by atoms with van der Waals surface area (Å²) in [6.45, 7) is 5.62. The molecular formula is C17H28ClN3O4. The van der Waals surface area contributed by atoms with Crippen molar-refractivity contribution in [2.45, 2.75) is 6.42 Å². The minimum Gasteiger partial charge on any atom is -0.493 e. The third-order valence-corrected chi connectivity index (χ3v) is 4.05. The van der Waals surface area contributed by atoms with Gasteiger partial charge in [-0.1, -0.05) is 0 Å². The van der Waals surface area contributed by atoms with Gasteiger partial charge in [0.15, 0.2) is 11.5 Å². The second-order valence-electron chi connectivity index (χ2n) is 5.65. The summed E-state index contributed by atoms with van der Waals surface area (Å²) in [6.07, 6.45) is 0.276. The maximum absolute atomic E-state index is 12.2. The van der Waals surface area contributed by atoms with Crippen molar-refractivity contribution < 1.29 is 19.0 Å². The van der Waals surface area contributed by atoms with Gasteiger partial charge in [0.2, 0.25) is 11.7 Å². The number of hydrogen-bond acceptors (Lipinski definition) is 6. The first-order valence-electron chi connectivity index (χ1n) is 8.16. The molecule has 0 aliphatic carbocycles. The lowest BCUT2D eigenvalue weighted by Gasteiger charge is -2.27. The number of carbonyl (C=O) groups is 1. The van der Waals surface area contributed by atoms with Crippen LogP contribution < -0.4 is 24.8 Å². The third kappa shape index (κ3) is 6.26. The molecule has 0 aromatic heterocycles. The maximum atomic E-state index is 12.2. The lowest BCUT2D eigenvalue weighted by molar-refractivity contribution is -0.120. The molecule has 0 unspecified atom stereocenters. The molecule has 0 radical (unpaired) electrons. The highest BCUT2D eigenvalue weighted by Gasteiger charge is 2.15. The Kier molecular flexibility index (Phi) is 9.41. The zero-order valence-corrected chi connectivity index (χ0v) is 15.9. The Labute approximate surface area is 155 Å². The van der Waals surface area contributed by atoms with Crippen molar-refractivity contribution in [2.24, 2.45) is 0 Å². The minimum absolute atomic E-state index is 0. The number of benzene rings is 1. The van der Waals surface area contributed by atoms with E-state index < -0.39 is 0 Å². The predicted octanol–water partition coefficient (Wildman–Crippen LogP) is 0.698. The van der Waals surface area contributed by atoms with Crippen molar-refractivity contribution in [3.05, 3.63) is 17.7 Å².